The lowest BCUT2D eigenvalue weighted by atomic mass is 10.1. The van der Waals surface area contributed by atoms with Crippen molar-refractivity contribution in [3.63, 3.8) is 0 Å². The SMILES string of the molecule is CNCCc1ccc(S(=O)(=O)NCc2cn[nH]c2)cc1. The highest BCUT2D eigenvalue weighted by Gasteiger charge is 2.13. The Morgan fingerprint density at radius 2 is 1.95 bits per heavy atom. The van der Waals surface area contributed by atoms with Crippen LogP contribution in [0.3, 0.4) is 0 Å². The van der Waals surface area contributed by atoms with Gasteiger partial charge < -0.3 is 5.32 Å². The standard InChI is InChI=1S/C13H18N4O2S/c1-14-7-6-11-2-4-13(5-3-11)20(18,19)17-10-12-8-15-16-9-12/h2-5,8-9,14,17H,6-7,10H2,1H3,(H,15,16). The van der Waals surface area contributed by atoms with Crippen LogP contribution >= 0.6 is 0 Å². The predicted molar refractivity (Wildman–Crippen MR) is 76.7 cm³/mol. The Morgan fingerprint density at radius 3 is 2.55 bits per heavy atom. The van der Waals surface area contributed by atoms with Gasteiger partial charge in [-0.05, 0) is 37.7 Å². The molecule has 0 saturated carbocycles. The molecule has 0 atom stereocenters. The Morgan fingerprint density at radius 1 is 1.20 bits per heavy atom. The minimum atomic E-state index is -3.48. The molecule has 0 unspecified atom stereocenters. The number of nitrogens with zero attached hydrogens (tertiary/aromatic N) is 1. The van der Waals surface area contributed by atoms with E-state index in [2.05, 4.69) is 20.2 Å². The van der Waals surface area contributed by atoms with Gasteiger partial charge in [0.15, 0.2) is 0 Å². The van der Waals surface area contributed by atoms with Gasteiger partial charge in [0.05, 0.1) is 11.1 Å². The van der Waals surface area contributed by atoms with E-state index in [0.717, 1.165) is 24.1 Å². The van der Waals surface area contributed by atoms with Crippen LogP contribution in [-0.4, -0.2) is 32.2 Å². The first kappa shape index (κ1) is 14.7. The smallest absolute Gasteiger partial charge is 0.240 e. The number of aromatic nitrogens is 2. The molecule has 1 heterocycles. The third-order valence-corrected chi connectivity index (χ3v) is 4.34. The van der Waals surface area contributed by atoms with Crippen molar-refractivity contribution in [1.29, 1.82) is 0 Å². The summed E-state index contributed by atoms with van der Waals surface area (Å²) in [6.45, 7) is 1.09. The Hall–Kier alpha value is -1.70. The third-order valence-electron chi connectivity index (χ3n) is 2.92. The van der Waals surface area contributed by atoms with Gasteiger partial charge >= 0.3 is 0 Å². The van der Waals surface area contributed by atoms with Gasteiger partial charge in [-0.3, -0.25) is 5.10 Å². The first-order valence-corrected chi connectivity index (χ1v) is 7.81. The first-order chi connectivity index (χ1) is 9.62. The number of hydrogen-bond donors (Lipinski definition) is 3. The minimum absolute atomic E-state index is 0.223. The number of sulfonamides is 1. The molecule has 0 spiro atoms. The molecule has 20 heavy (non-hydrogen) atoms. The first-order valence-electron chi connectivity index (χ1n) is 6.32. The topological polar surface area (TPSA) is 86.9 Å². The summed E-state index contributed by atoms with van der Waals surface area (Å²) in [6.07, 6.45) is 4.12. The van der Waals surface area contributed by atoms with Crippen LogP contribution in [0.15, 0.2) is 41.6 Å². The zero-order valence-corrected chi connectivity index (χ0v) is 12.1. The molecular weight excluding hydrogens is 276 g/mol. The summed E-state index contributed by atoms with van der Waals surface area (Å²) in [5, 5.41) is 9.47. The summed E-state index contributed by atoms with van der Waals surface area (Å²) in [4.78, 5) is 0.272. The summed E-state index contributed by atoms with van der Waals surface area (Å²) in [6, 6.07) is 6.93. The van der Waals surface area contributed by atoms with E-state index >= 15 is 0 Å². The van der Waals surface area contributed by atoms with Gasteiger partial charge in [0.1, 0.15) is 0 Å². The lowest BCUT2D eigenvalue weighted by Gasteiger charge is -2.07. The number of likely N-dealkylation sites (N-methyl/N-ethyl adjacent to an activating group) is 1. The Bertz CT molecular complexity index is 621. The predicted octanol–water partition coefficient (Wildman–Crippen LogP) is 0.650. The Kier molecular flexibility index (Phi) is 4.89. The molecule has 1 aromatic heterocycles. The maximum absolute atomic E-state index is 12.1. The van der Waals surface area contributed by atoms with Crippen molar-refractivity contribution < 1.29 is 8.42 Å². The van der Waals surface area contributed by atoms with Gasteiger partial charge in [0.2, 0.25) is 10.0 Å². The van der Waals surface area contributed by atoms with Crippen LogP contribution in [0.5, 0.6) is 0 Å². The molecule has 0 aliphatic carbocycles. The summed E-state index contributed by atoms with van der Waals surface area (Å²) in [5.74, 6) is 0. The van der Waals surface area contributed by atoms with Crippen LogP contribution in [0.4, 0.5) is 0 Å². The summed E-state index contributed by atoms with van der Waals surface area (Å²) >= 11 is 0. The summed E-state index contributed by atoms with van der Waals surface area (Å²) in [5.41, 5.74) is 1.90. The Labute approximate surface area is 118 Å². The molecule has 0 amide bonds. The van der Waals surface area contributed by atoms with Crippen molar-refractivity contribution in [2.45, 2.75) is 17.9 Å². The number of H-pyrrole nitrogens is 1. The van der Waals surface area contributed by atoms with Gasteiger partial charge in [-0.1, -0.05) is 12.1 Å². The fourth-order valence-electron chi connectivity index (χ4n) is 1.74. The highest BCUT2D eigenvalue weighted by Crippen LogP contribution is 2.11. The number of rotatable bonds is 7. The van der Waals surface area contributed by atoms with E-state index in [1.807, 2.05) is 19.2 Å². The number of nitrogens with one attached hydrogen (secondary N) is 3. The van der Waals surface area contributed by atoms with Gasteiger partial charge in [-0.25, -0.2) is 13.1 Å². The molecule has 0 saturated heterocycles. The van der Waals surface area contributed by atoms with Crippen LogP contribution in [-0.2, 0) is 23.0 Å². The second-order valence-electron chi connectivity index (χ2n) is 4.43. The van der Waals surface area contributed by atoms with Crippen molar-refractivity contribution in [1.82, 2.24) is 20.2 Å². The Balaban J connectivity index is 2.01. The quantitative estimate of drug-likeness (QED) is 0.700. The lowest BCUT2D eigenvalue weighted by molar-refractivity contribution is 0.581. The third kappa shape index (κ3) is 3.89. The molecule has 0 bridgehead atoms. The van der Waals surface area contributed by atoms with Gasteiger partial charge in [-0.15, -0.1) is 0 Å². The fraction of sp³-hybridized carbons (Fsp3) is 0.308. The zero-order valence-electron chi connectivity index (χ0n) is 11.3. The van der Waals surface area contributed by atoms with E-state index in [4.69, 9.17) is 0 Å². The normalized spacial score (nSPS) is 11.7. The average Bonchev–Trinajstić information content (AvgIpc) is 2.97. The number of hydrogen-bond acceptors (Lipinski definition) is 4. The van der Waals surface area contributed by atoms with Gasteiger partial charge in [0.25, 0.3) is 0 Å². The highest BCUT2D eigenvalue weighted by atomic mass is 32.2. The summed E-state index contributed by atoms with van der Waals surface area (Å²) < 4.78 is 26.7. The van der Waals surface area contributed by atoms with Crippen molar-refractivity contribution >= 4 is 10.0 Å². The molecule has 1 aromatic carbocycles. The number of benzene rings is 1. The van der Waals surface area contributed by atoms with E-state index in [9.17, 15) is 8.42 Å². The fourth-order valence-corrected chi connectivity index (χ4v) is 2.76. The largest absolute Gasteiger partial charge is 0.319 e. The molecule has 2 aromatic rings. The molecule has 2 rings (SSSR count). The lowest BCUT2D eigenvalue weighted by Crippen LogP contribution is -2.23. The van der Waals surface area contributed by atoms with Crippen LogP contribution < -0.4 is 10.0 Å². The van der Waals surface area contributed by atoms with E-state index in [1.165, 1.54) is 0 Å². The monoisotopic (exact) mass is 294 g/mol. The molecule has 6 nitrogen and oxygen atoms in total. The van der Waals surface area contributed by atoms with Crippen LogP contribution in [0.1, 0.15) is 11.1 Å². The van der Waals surface area contributed by atoms with Crippen LogP contribution in [0.25, 0.3) is 0 Å². The molecule has 0 radical (unpaired) electrons. The van der Waals surface area contributed by atoms with Crippen LogP contribution in [0, 0.1) is 0 Å². The van der Waals surface area contributed by atoms with Crippen molar-refractivity contribution in [3.05, 3.63) is 47.8 Å². The maximum Gasteiger partial charge on any atom is 0.240 e. The van der Waals surface area contributed by atoms with E-state index in [1.54, 1.807) is 24.5 Å². The van der Waals surface area contributed by atoms with E-state index in [0.29, 0.717) is 0 Å². The average molecular weight is 294 g/mol. The molecule has 0 fully saturated rings. The minimum Gasteiger partial charge on any atom is -0.319 e. The summed E-state index contributed by atoms with van der Waals surface area (Å²) in [7, 11) is -1.59. The molecule has 0 aliphatic heterocycles. The number of aromatic amines is 1. The van der Waals surface area contributed by atoms with Crippen molar-refractivity contribution in [2.24, 2.45) is 0 Å². The zero-order chi connectivity index (χ0) is 14.4. The molecular formula is C13H18N4O2S. The van der Waals surface area contributed by atoms with Crippen molar-refractivity contribution in [3.8, 4) is 0 Å². The van der Waals surface area contributed by atoms with Crippen molar-refractivity contribution in [2.75, 3.05) is 13.6 Å². The molecule has 0 aliphatic rings. The van der Waals surface area contributed by atoms with Crippen LogP contribution in [0.2, 0.25) is 0 Å². The maximum atomic E-state index is 12.1. The second-order valence-corrected chi connectivity index (χ2v) is 6.20. The molecule has 7 heteroatoms. The highest BCUT2D eigenvalue weighted by molar-refractivity contribution is 7.89. The second kappa shape index (κ2) is 6.65. The van der Waals surface area contributed by atoms with Gasteiger partial charge in [0, 0.05) is 18.3 Å². The molecule has 108 valence electrons. The molecule has 3 N–H and O–H groups in total. The van der Waals surface area contributed by atoms with E-state index in [-0.39, 0.29) is 11.4 Å². The van der Waals surface area contributed by atoms with E-state index < -0.39 is 10.0 Å². The van der Waals surface area contributed by atoms with Gasteiger partial charge in [-0.2, -0.15) is 5.10 Å².